The molecule has 134 valence electrons. The van der Waals surface area contributed by atoms with E-state index < -0.39 is 0 Å². The molecule has 0 saturated heterocycles. The first-order valence-corrected chi connectivity index (χ1v) is 8.69. The molecule has 0 atom stereocenters. The molecule has 0 heterocycles. The van der Waals surface area contributed by atoms with Gasteiger partial charge in [-0.2, -0.15) is 0 Å². The first kappa shape index (κ1) is 19.3. The van der Waals surface area contributed by atoms with E-state index in [1.807, 2.05) is 32.9 Å². The van der Waals surface area contributed by atoms with Crippen molar-refractivity contribution in [3.63, 3.8) is 0 Å². The van der Waals surface area contributed by atoms with Crippen LogP contribution in [0.25, 0.3) is 0 Å². The summed E-state index contributed by atoms with van der Waals surface area (Å²) in [7, 11) is 0. The van der Waals surface area contributed by atoms with Gasteiger partial charge in [0.15, 0.2) is 6.61 Å². The Labute approximate surface area is 153 Å². The van der Waals surface area contributed by atoms with Crippen LogP contribution in [0.5, 0.6) is 5.75 Å². The minimum Gasteiger partial charge on any atom is -0.483 e. The number of rotatable bonds is 7. The van der Waals surface area contributed by atoms with Gasteiger partial charge in [0.1, 0.15) is 11.6 Å². The van der Waals surface area contributed by atoms with E-state index in [4.69, 9.17) is 16.3 Å². The van der Waals surface area contributed by atoms with Crippen LogP contribution in [0.15, 0.2) is 36.4 Å². The van der Waals surface area contributed by atoms with Gasteiger partial charge in [0.2, 0.25) is 0 Å². The van der Waals surface area contributed by atoms with Gasteiger partial charge in [-0.3, -0.25) is 4.79 Å². The summed E-state index contributed by atoms with van der Waals surface area (Å²) >= 11 is 6.17. The molecule has 0 spiro atoms. The molecule has 0 saturated carbocycles. The fraction of sp³-hybridized carbons (Fsp3) is 0.350. The fourth-order valence-electron chi connectivity index (χ4n) is 2.48. The van der Waals surface area contributed by atoms with Crippen molar-refractivity contribution in [1.82, 2.24) is 5.32 Å². The number of nitrogens with one attached hydrogen (secondary N) is 1. The number of carbonyl (C=O) groups excluding carboxylic acids is 1. The minimum absolute atomic E-state index is 0.0853. The number of halogens is 2. The second-order valence-corrected chi connectivity index (χ2v) is 6.68. The number of aryl methyl sites for hydroxylation is 1. The van der Waals surface area contributed by atoms with Crippen molar-refractivity contribution in [1.29, 1.82) is 0 Å². The number of carbonyl (C=O) groups is 1. The third kappa shape index (κ3) is 5.46. The van der Waals surface area contributed by atoms with Crippen LogP contribution in [0.1, 0.15) is 36.5 Å². The lowest BCUT2D eigenvalue weighted by Crippen LogP contribution is -2.30. The molecule has 25 heavy (non-hydrogen) atoms. The fourth-order valence-corrected chi connectivity index (χ4v) is 2.65. The summed E-state index contributed by atoms with van der Waals surface area (Å²) in [6.45, 7) is 6.26. The third-order valence-corrected chi connectivity index (χ3v) is 4.35. The van der Waals surface area contributed by atoms with Gasteiger partial charge < -0.3 is 10.1 Å². The Morgan fingerprint density at radius 1 is 1.28 bits per heavy atom. The van der Waals surface area contributed by atoms with Gasteiger partial charge in [0.25, 0.3) is 5.91 Å². The zero-order valence-corrected chi connectivity index (χ0v) is 15.5. The Balaban J connectivity index is 1.88. The van der Waals surface area contributed by atoms with Crippen LogP contribution in [-0.2, 0) is 11.2 Å². The van der Waals surface area contributed by atoms with Crippen LogP contribution in [0.4, 0.5) is 4.39 Å². The molecule has 0 aliphatic rings. The van der Waals surface area contributed by atoms with E-state index in [-0.39, 0.29) is 24.2 Å². The van der Waals surface area contributed by atoms with Gasteiger partial charge in [-0.25, -0.2) is 4.39 Å². The Kier molecular flexibility index (Phi) is 6.82. The molecule has 0 aromatic heterocycles. The first-order chi connectivity index (χ1) is 11.9. The topological polar surface area (TPSA) is 38.3 Å². The molecule has 5 heteroatoms. The van der Waals surface area contributed by atoms with E-state index in [0.29, 0.717) is 29.3 Å². The summed E-state index contributed by atoms with van der Waals surface area (Å²) in [5.74, 6) is 0.406. The standard InChI is InChI=1S/C20H23ClFNO2/c1-13(2)16-11-17(21)14(3)10-19(16)25-12-20(24)23-9-8-15-6-4-5-7-18(15)22/h4-7,10-11,13H,8-9,12H2,1-3H3,(H,23,24). The van der Waals surface area contributed by atoms with Crippen molar-refractivity contribution < 1.29 is 13.9 Å². The average Bonchev–Trinajstić information content (AvgIpc) is 2.57. The largest absolute Gasteiger partial charge is 0.483 e. The van der Waals surface area contributed by atoms with E-state index >= 15 is 0 Å². The van der Waals surface area contributed by atoms with Crippen molar-refractivity contribution in [3.8, 4) is 5.75 Å². The predicted molar refractivity (Wildman–Crippen MR) is 98.9 cm³/mol. The second-order valence-electron chi connectivity index (χ2n) is 6.27. The van der Waals surface area contributed by atoms with Gasteiger partial charge in [-0.1, -0.05) is 43.6 Å². The molecular weight excluding hydrogens is 341 g/mol. The molecule has 1 N–H and O–H groups in total. The summed E-state index contributed by atoms with van der Waals surface area (Å²) < 4.78 is 19.2. The molecule has 0 unspecified atom stereocenters. The smallest absolute Gasteiger partial charge is 0.257 e. The molecule has 1 amide bonds. The summed E-state index contributed by atoms with van der Waals surface area (Å²) in [6, 6.07) is 10.3. The molecule has 0 fully saturated rings. The van der Waals surface area contributed by atoms with Crippen LogP contribution >= 0.6 is 11.6 Å². The van der Waals surface area contributed by atoms with Crippen LogP contribution in [0.3, 0.4) is 0 Å². The Bertz CT molecular complexity index is 746. The summed E-state index contributed by atoms with van der Waals surface area (Å²) in [5.41, 5.74) is 2.45. The lowest BCUT2D eigenvalue weighted by Gasteiger charge is -2.16. The van der Waals surface area contributed by atoms with Crippen LogP contribution < -0.4 is 10.1 Å². The maximum absolute atomic E-state index is 13.5. The highest BCUT2D eigenvalue weighted by atomic mass is 35.5. The van der Waals surface area contributed by atoms with Crippen molar-refractivity contribution in [3.05, 3.63) is 63.9 Å². The quantitative estimate of drug-likeness (QED) is 0.777. The number of ether oxygens (including phenoxy) is 1. The maximum Gasteiger partial charge on any atom is 0.257 e. The highest BCUT2D eigenvalue weighted by Gasteiger charge is 2.12. The zero-order valence-electron chi connectivity index (χ0n) is 14.7. The maximum atomic E-state index is 13.5. The number of benzene rings is 2. The highest BCUT2D eigenvalue weighted by Crippen LogP contribution is 2.31. The Morgan fingerprint density at radius 3 is 2.68 bits per heavy atom. The average molecular weight is 364 g/mol. The van der Waals surface area contributed by atoms with Gasteiger partial charge in [0, 0.05) is 11.6 Å². The van der Waals surface area contributed by atoms with E-state index in [1.54, 1.807) is 18.2 Å². The van der Waals surface area contributed by atoms with Crippen LogP contribution in [0, 0.1) is 12.7 Å². The molecular formula is C20H23ClFNO2. The van der Waals surface area contributed by atoms with Gasteiger partial charge in [-0.05, 0) is 54.2 Å². The molecule has 0 bridgehead atoms. The minimum atomic E-state index is -0.258. The molecule has 2 aromatic carbocycles. The molecule has 2 rings (SSSR count). The summed E-state index contributed by atoms with van der Waals surface area (Å²) in [5, 5.41) is 3.43. The molecule has 0 radical (unpaired) electrons. The van der Waals surface area contributed by atoms with Crippen molar-refractivity contribution >= 4 is 17.5 Å². The third-order valence-electron chi connectivity index (χ3n) is 3.95. The normalized spacial score (nSPS) is 10.8. The van der Waals surface area contributed by atoms with Gasteiger partial charge in [0.05, 0.1) is 0 Å². The monoisotopic (exact) mass is 363 g/mol. The summed E-state index contributed by atoms with van der Waals surface area (Å²) in [4.78, 5) is 12.0. The Morgan fingerprint density at radius 2 is 2.00 bits per heavy atom. The van der Waals surface area contributed by atoms with Gasteiger partial charge >= 0.3 is 0 Å². The predicted octanol–water partition coefficient (Wildman–Crippen LogP) is 4.65. The van der Waals surface area contributed by atoms with E-state index in [9.17, 15) is 9.18 Å². The lowest BCUT2D eigenvalue weighted by atomic mass is 10.0. The highest BCUT2D eigenvalue weighted by molar-refractivity contribution is 6.31. The Hall–Kier alpha value is -2.07. The SMILES string of the molecule is Cc1cc(OCC(=O)NCCc2ccccc2F)c(C(C)C)cc1Cl. The first-order valence-electron chi connectivity index (χ1n) is 8.31. The second kappa shape index (κ2) is 8.86. The van der Waals surface area contributed by atoms with Crippen molar-refractivity contribution in [2.24, 2.45) is 0 Å². The van der Waals surface area contributed by atoms with E-state index in [0.717, 1.165) is 11.1 Å². The van der Waals surface area contributed by atoms with Crippen LogP contribution in [-0.4, -0.2) is 19.1 Å². The van der Waals surface area contributed by atoms with Crippen LogP contribution in [0.2, 0.25) is 5.02 Å². The summed E-state index contributed by atoms with van der Waals surface area (Å²) in [6.07, 6.45) is 0.440. The molecule has 3 nitrogen and oxygen atoms in total. The molecule has 0 aliphatic heterocycles. The zero-order chi connectivity index (χ0) is 18.4. The van der Waals surface area contributed by atoms with E-state index in [1.165, 1.54) is 6.07 Å². The number of amides is 1. The van der Waals surface area contributed by atoms with Crippen molar-refractivity contribution in [2.75, 3.05) is 13.2 Å². The van der Waals surface area contributed by atoms with Crippen molar-refractivity contribution in [2.45, 2.75) is 33.1 Å². The number of hydrogen-bond donors (Lipinski definition) is 1. The molecule has 0 aliphatic carbocycles. The lowest BCUT2D eigenvalue weighted by molar-refractivity contribution is -0.123. The van der Waals surface area contributed by atoms with E-state index in [2.05, 4.69) is 5.32 Å². The molecule has 2 aromatic rings. The van der Waals surface area contributed by atoms with Gasteiger partial charge in [-0.15, -0.1) is 0 Å². The number of hydrogen-bond acceptors (Lipinski definition) is 2.